The molecule has 0 radical (unpaired) electrons. The van der Waals surface area contributed by atoms with Crippen LogP contribution in [0.3, 0.4) is 0 Å². The molecule has 0 spiro atoms. The smallest absolute Gasteiger partial charge is 0.338 e. The van der Waals surface area contributed by atoms with Crippen molar-refractivity contribution in [1.29, 1.82) is 0 Å². The van der Waals surface area contributed by atoms with E-state index in [0.717, 1.165) is 10.0 Å². The summed E-state index contributed by atoms with van der Waals surface area (Å²) in [6.45, 7) is 1.11. The lowest BCUT2D eigenvalue weighted by Gasteiger charge is -2.07. The largest absolute Gasteiger partial charge is 0.478 e. The van der Waals surface area contributed by atoms with Gasteiger partial charge in [-0.15, -0.1) is 0 Å². The van der Waals surface area contributed by atoms with Crippen molar-refractivity contribution < 1.29 is 14.3 Å². The number of carboxylic acid groups (broad SMARTS) is 1. The zero-order valence-corrected chi connectivity index (χ0v) is 12.2. The van der Waals surface area contributed by atoms with E-state index in [-0.39, 0.29) is 5.56 Å². The molecule has 20 heavy (non-hydrogen) atoms. The van der Waals surface area contributed by atoms with Crippen molar-refractivity contribution in [2.45, 2.75) is 13.1 Å². The molecule has 0 aliphatic heterocycles. The summed E-state index contributed by atoms with van der Waals surface area (Å²) in [4.78, 5) is 10.7. The van der Waals surface area contributed by atoms with Gasteiger partial charge in [-0.2, -0.15) is 0 Å². The maximum absolute atomic E-state index is 13.5. The van der Waals surface area contributed by atoms with Crippen molar-refractivity contribution in [3.63, 3.8) is 0 Å². The van der Waals surface area contributed by atoms with Crippen LogP contribution in [0.15, 0.2) is 46.9 Å². The van der Waals surface area contributed by atoms with Gasteiger partial charge in [0.15, 0.2) is 0 Å². The zero-order chi connectivity index (χ0) is 14.5. The average Bonchev–Trinajstić information content (AvgIpc) is 2.40. The van der Waals surface area contributed by atoms with Gasteiger partial charge >= 0.3 is 5.97 Å². The van der Waals surface area contributed by atoms with Gasteiger partial charge in [0.25, 0.3) is 0 Å². The third-order valence-electron chi connectivity index (χ3n) is 2.87. The molecule has 0 aliphatic rings. The summed E-state index contributed by atoms with van der Waals surface area (Å²) in [5.74, 6) is -1.96. The fraction of sp³-hybridized carbons (Fsp3) is 0.133. The summed E-state index contributed by atoms with van der Waals surface area (Å²) in [7, 11) is 0. The molecule has 2 rings (SSSR count). The molecule has 5 heteroatoms. The Bertz CT molecular complexity index is 631. The molecule has 0 aromatic heterocycles. The summed E-state index contributed by atoms with van der Waals surface area (Å²) in [6, 6.07) is 12.0. The van der Waals surface area contributed by atoms with Crippen LogP contribution in [0.1, 0.15) is 21.5 Å². The van der Waals surface area contributed by atoms with Crippen LogP contribution in [0.25, 0.3) is 0 Å². The van der Waals surface area contributed by atoms with Crippen molar-refractivity contribution in [1.82, 2.24) is 5.32 Å². The number of carbonyl (C=O) groups is 1. The molecule has 0 amide bonds. The number of hydrogen-bond acceptors (Lipinski definition) is 2. The average molecular weight is 338 g/mol. The highest BCUT2D eigenvalue weighted by Gasteiger charge is 2.10. The van der Waals surface area contributed by atoms with Crippen molar-refractivity contribution >= 4 is 21.9 Å². The lowest BCUT2D eigenvalue weighted by molar-refractivity contribution is 0.0692. The molecule has 0 bridgehead atoms. The van der Waals surface area contributed by atoms with Crippen LogP contribution in [0.2, 0.25) is 0 Å². The molecule has 2 aromatic carbocycles. The summed E-state index contributed by atoms with van der Waals surface area (Å²) >= 11 is 3.45. The second kappa shape index (κ2) is 6.63. The Morgan fingerprint density at radius 2 is 1.95 bits per heavy atom. The number of aromatic carboxylic acids is 1. The molecule has 104 valence electrons. The Morgan fingerprint density at radius 1 is 1.20 bits per heavy atom. The third kappa shape index (κ3) is 3.65. The Morgan fingerprint density at radius 3 is 2.60 bits per heavy atom. The van der Waals surface area contributed by atoms with Crippen LogP contribution in [-0.2, 0) is 13.1 Å². The van der Waals surface area contributed by atoms with Crippen LogP contribution in [-0.4, -0.2) is 11.1 Å². The summed E-state index contributed by atoms with van der Waals surface area (Å²) < 4.78 is 14.5. The van der Waals surface area contributed by atoms with Gasteiger partial charge in [-0.3, -0.25) is 0 Å². The molecule has 2 aromatic rings. The molecular formula is C15H13BrFNO2. The number of hydrogen-bond donors (Lipinski definition) is 2. The molecule has 0 saturated heterocycles. The molecule has 2 N–H and O–H groups in total. The maximum Gasteiger partial charge on any atom is 0.338 e. The van der Waals surface area contributed by atoms with E-state index in [1.54, 1.807) is 6.07 Å². The summed E-state index contributed by atoms with van der Waals surface area (Å²) in [6.07, 6.45) is 0. The van der Waals surface area contributed by atoms with E-state index in [9.17, 15) is 9.18 Å². The van der Waals surface area contributed by atoms with E-state index in [1.165, 1.54) is 12.1 Å². The van der Waals surface area contributed by atoms with E-state index in [0.29, 0.717) is 18.7 Å². The number of nitrogens with one attached hydrogen (secondary N) is 1. The highest BCUT2D eigenvalue weighted by Crippen LogP contribution is 2.16. The minimum atomic E-state index is -1.25. The number of benzene rings is 2. The van der Waals surface area contributed by atoms with Crippen LogP contribution < -0.4 is 5.32 Å². The quantitative estimate of drug-likeness (QED) is 0.876. The van der Waals surface area contributed by atoms with Gasteiger partial charge in [-0.05, 0) is 29.3 Å². The lowest BCUT2D eigenvalue weighted by atomic mass is 10.1. The van der Waals surface area contributed by atoms with E-state index in [2.05, 4.69) is 21.2 Å². The van der Waals surface area contributed by atoms with E-state index in [4.69, 9.17) is 5.11 Å². The fourth-order valence-electron chi connectivity index (χ4n) is 1.83. The summed E-state index contributed by atoms with van der Waals surface area (Å²) in [5.41, 5.74) is 1.51. The number of rotatable bonds is 5. The van der Waals surface area contributed by atoms with Crippen molar-refractivity contribution in [2.75, 3.05) is 0 Å². The SMILES string of the molecule is O=C(O)c1ccc(CNCc2ccccc2Br)cc1F. The molecule has 0 heterocycles. The number of halogens is 2. The predicted molar refractivity (Wildman–Crippen MR) is 78.0 cm³/mol. The second-order valence-electron chi connectivity index (χ2n) is 4.31. The predicted octanol–water partition coefficient (Wildman–Crippen LogP) is 3.58. The molecule has 0 fully saturated rings. The van der Waals surface area contributed by atoms with E-state index in [1.807, 2.05) is 24.3 Å². The van der Waals surface area contributed by atoms with Gasteiger partial charge in [0.2, 0.25) is 0 Å². The first kappa shape index (κ1) is 14.7. The van der Waals surface area contributed by atoms with E-state index >= 15 is 0 Å². The first-order chi connectivity index (χ1) is 9.58. The Labute approximate surface area is 124 Å². The maximum atomic E-state index is 13.5. The minimum Gasteiger partial charge on any atom is -0.478 e. The Hall–Kier alpha value is -1.72. The highest BCUT2D eigenvalue weighted by molar-refractivity contribution is 9.10. The van der Waals surface area contributed by atoms with Crippen molar-refractivity contribution in [3.8, 4) is 0 Å². The topological polar surface area (TPSA) is 49.3 Å². The molecule has 0 aliphatic carbocycles. The molecule has 3 nitrogen and oxygen atoms in total. The van der Waals surface area contributed by atoms with Gasteiger partial charge in [-0.25, -0.2) is 9.18 Å². The second-order valence-corrected chi connectivity index (χ2v) is 5.17. The third-order valence-corrected chi connectivity index (χ3v) is 3.64. The van der Waals surface area contributed by atoms with Crippen LogP contribution in [0, 0.1) is 5.82 Å². The van der Waals surface area contributed by atoms with Gasteiger partial charge in [-0.1, -0.05) is 40.2 Å². The summed E-state index contributed by atoms with van der Waals surface area (Å²) in [5, 5.41) is 11.9. The molecular weight excluding hydrogens is 325 g/mol. The molecule has 0 unspecified atom stereocenters. The van der Waals surface area contributed by atoms with Crippen LogP contribution >= 0.6 is 15.9 Å². The highest BCUT2D eigenvalue weighted by atomic mass is 79.9. The molecule has 0 saturated carbocycles. The van der Waals surface area contributed by atoms with Gasteiger partial charge in [0.1, 0.15) is 5.82 Å². The standard InChI is InChI=1S/C15H13BrFNO2/c16-13-4-2-1-3-11(13)9-18-8-10-5-6-12(15(19)20)14(17)7-10/h1-7,18H,8-9H2,(H,19,20). The van der Waals surface area contributed by atoms with Crippen molar-refractivity contribution in [3.05, 3.63) is 69.4 Å². The number of carboxylic acids is 1. The van der Waals surface area contributed by atoms with Gasteiger partial charge in [0, 0.05) is 17.6 Å². The monoisotopic (exact) mass is 337 g/mol. The zero-order valence-electron chi connectivity index (χ0n) is 10.6. The van der Waals surface area contributed by atoms with Gasteiger partial charge in [0.05, 0.1) is 5.56 Å². The molecule has 0 atom stereocenters. The fourth-order valence-corrected chi connectivity index (χ4v) is 2.25. The van der Waals surface area contributed by atoms with Gasteiger partial charge < -0.3 is 10.4 Å². The van der Waals surface area contributed by atoms with Crippen LogP contribution in [0.4, 0.5) is 4.39 Å². The lowest BCUT2D eigenvalue weighted by Crippen LogP contribution is -2.13. The Kier molecular flexibility index (Phi) is 4.87. The minimum absolute atomic E-state index is 0.306. The van der Waals surface area contributed by atoms with Crippen molar-refractivity contribution in [2.24, 2.45) is 0 Å². The first-order valence-corrected chi connectivity index (χ1v) is 6.83. The first-order valence-electron chi connectivity index (χ1n) is 6.04. The van der Waals surface area contributed by atoms with E-state index < -0.39 is 11.8 Å². The Balaban J connectivity index is 1.97. The normalized spacial score (nSPS) is 10.5. The van der Waals surface area contributed by atoms with Crippen LogP contribution in [0.5, 0.6) is 0 Å².